The summed E-state index contributed by atoms with van der Waals surface area (Å²) in [5.74, 6) is -0.0551. The van der Waals surface area contributed by atoms with Gasteiger partial charge in [-0.1, -0.05) is 35.9 Å². The first kappa shape index (κ1) is 16.3. The normalized spacial score (nSPS) is 10.6. The van der Waals surface area contributed by atoms with Gasteiger partial charge in [-0.15, -0.1) is 11.3 Å². The van der Waals surface area contributed by atoms with Crippen LogP contribution in [0.2, 0.25) is 0 Å². The topological polar surface area (TPSA) is 46.1 Å². The molecule has 0 bridgehead atoms. The first-order valence-corrected chi connectivity index (χ1v) is 8.69. The minimum Gasteiger partial charge on any atom is -0.340 e. The summed E-state index contributed by atoms with van der Waals surface area (Å²) in [6.45, 7) is 2.67. The number of nitrogens with zero attached hydrogens (tertiary/aromatic N) is 3. The number of hydrogen-bond donors (Lipinski definition) is 0. The van der Waals surface area contributed by atoms with Crippen LogP contribution < -0.4 is 0 Å². The van der Waals surface area contributed by atoms with Crippen molar-refractivity contribution in [1.29, 1.82) is 0 Å². The summed E-state index contributed by atoms with van der Waals surface area (Å²) in [5, 5.41) is 2.70. The van der Waals surface area contributed by atoms with Gasteiger partial charge < -0.3 is 4.90 Å². The SMILES string of the molecule is Cc1ccc(-c2nc(C(=O)N(C)CCc3ccccn3)cs2)cc1. The van der Waals surface area contributed by atoms with Crippen molar-refractivity contribution in [3.05, 3.63) is 71.0 Å². The molecular weight excluding hydrogens is 318 g/mol. The second kappa shape index (κ2) is 7.36. The molecule has 0 saturated carbocycles. The zero-order valence-corrected chi connectivity index (χ0v) is 14.6. The molecule has 2 heterocycles. The van der Waals surface area contributed by atoms with Crippen molar-refractivity contribution in [2.75, 3.05) is 13.6 Å². The van der Waals surface area contributed by atoms with Gasteiger partial charge in [0.25, 0.3) is 5.91 Å². The quantitative estimate of drug-likeness (QED) is 0.711. The molecule has 4 nitrogen and oxygen atoms in total. The molecule has 5 heteroatoms. The summed E-state index contributed by atoms with van der Waals surface area (Å²) >= 11 is 1.50. The Morgan fingerprint density at radius 3 is 2.67 bits per heavy atom. The smallest absolute Gasteiger partial charge is 0.273 e. The highest BCUT2D eigenvalue weighted by atomic mass is 32.1. The molecule has 24 heavy (non-hydrogen) atoms. The van der Waals surface area contributed by atoms with E-state index in [4.69, 9.17) is 0 Å². The Bertz CT molecular complexity index is 812. The van der Waals surface area contributed by atoms with Crippen molar-refractivity contribution in [3.63, 3.8) is 0 Å². The molecule has 0 saturated heterocycles. The number of benzene rings is 1. The van der Waals surface area contributed by atoms with Crippen LogP contribution in [-0.4, -0.2) is 34.4 Å². The summed E-state index contributed by atoms with van der Waals surface area (Å²) < 4.78 is 0. The van der Waals surface area contributed by atoms with Crippen molar-refractivity contribution in [2.24, 2.45) is 0 Å². The van der Waals surface area contributed by atoms with Gasteiger partial charge in [-0.2, -0.15) is 0 Å². The highest BCUT2D eigenvalue weighted by molar-refractivity contribution is 7.13. The third-order valence-electron chi connectivity index (χ3n) is 3.80. The lowest BCUT2D eigenvalue weighted by molar-refractivity contribution is 0.0791. The first-order valence-electron chi connectivity index (χ1n) is 7.81. The number of thiazole rings is 1. The number of aryl methyl sites for hydroxylation is 1. The summed E-state index contributed by atoms with van der Waals surface area (Å²) in [7, 11) is 1.80. The summed E-state index contributed by atoms with van der Waals surface area (Å²) in [6.07, 6.45) is 2.50. The predicted molar refractivity (Wildman–Crippen MR) is 97.2 cm³/mol. The van der Waals surface area contributed by atoms with Gasteiger partial charge in [0.2, 0.25) is 0 Å². The van der Waals surface area contributed by atoms with E-state index in [1.54, 1.807) is 18.1 Å². The van der Waals surface area contributed by atoms with Crippen molar-refractivity contribution >= 4 is 17.2 Å². The number of carbonyl (C=O) groups is 1. The average Bonchev–Trinajstić information content (AvgIpc) is 3.10. The molecule has 0 radical (unpaired) electrons. The fraction of sp³-hybridized carbons (Fsp3) is 0.211. The van der Waals surface area contributed by atoms with Crippen LogP contribution in [0.15, 0.2) is 54.0 Å². The molecule has 1 aromatic carbocycles. The third-order valence-corrected chi connectivity index (χ3v) is 4.69. The standard InChI is InChI=1S/C19H19N3OS/c1-14-6-8-15(9-7-14)18-21-17(13-24-18)19(23)22(2)12-10-16-5-3-4-11-20-16/h3-9,11,13H,10,12H2,1-2H3. The van der Waals surface area contributed by atoms with E-state index < -0.39 is 0 Å². The summed E-state index contributed by atoms with van der Waals surface area (Å²) in [4.78, 5) is 23.0. The van der Waals surface area contributed by atoms with Crippen LogP contribution in [0.25, 0.3) is 10.6 Å². The number of rotatable bonds is 5. The van der Waals surface area contributed by atoms with Crippen molar-refractivity contribution < 1.29 is 4.79 Å². The van der Waals surface area contributed by atoms with E-state index in [2.05, 4.69) is 29.0 Å². The van der Waals surface area contributed by atoms with Crippen LogP contribution >= 0.6 is 11.3 Å². The lowest BCUT2D eigenvalue weighted by Gasteiger charge is -2.15. The Kier molecular flexibility index (Phi) is 5.01. The van der Waals surface area contributed by atoms with E-state index in [1.165, 1.54) is 16.9 Å². The molecule has 2 aromatic heterocycles. The average molecular weight is 337 g/mol. The Labute approximate surface area is 145 Å². The van der Waals surface area contributed by atoms with E-state index >= 15 is 0 Å². The predicted octanol–water partition coefficient (Wildman–Crippen LogP) is 3.83. The number of aromatic nitrogens is 2. The highest BCUT2D eigenvalue weighted by Gasteiger charge is 2.16. The maximum Gasteiger partial charge on any atom is 0.273 e. The van der Waals surface area contributed by atoms with Gasteiger partial charge in [0.15, 0.2) is 0 Å². The fourth-order valence-electron chi connectivity index (χ4n) is 2.33. The maximum atomic E-state index is 12.5. The van der Waals surface area contributed by atoms with Crippen LogP contribution in [0.5, 0.6) is 0 Å². The number of amides is 1. The molecule has 0 spiro atoms. The van der Waals surface area contributed by atoms with Gasteiger partial charge >= 0.3 is 0 Å². The monoisotopic (exact) mass is 337 g/mol. The van der Waals surface area contributed by atoms with Crippen molar-refractivity contribution in [2.45, 2.75) is 13.3 Å². The molecule has 122 valence electrons. The minimum absolute atomic E-state index is 0.0551. The van der Waals surface area contributed by atoms with Crippen LogP contribution in [0.4, 0.5) is 0 Å². The Balaban J connectivity index is 1.65. The molecule has 0 N–H and O–H groups in total. The van der Waals surface area contributed by atoms with Crippen molar-refractivity contribution in [3.8, 4) is 10.6 Å². The maximum absolute atomic E-state index is 12.5. The van der Waals surface area contributed by atoms with Crippen molar-refractivity contribution in [1.82, 2.24) is 14.9 Å². The van der Waals surface area contributed by atoms with E-state index in [1.807, 2.05) is 35.7 Å². The minimum atomic E-state index is -0.0551. The van der Waals surface area contributed by atoms with Gasteiger partial charge in [0.05, 0.1) is 0 Å². The Morgan fingerprint density at radius 1 is 1.17 bits per heavy atom. The zero-order valence-electron chi connectivity index (χ0n) is 13.8. The van der Waals surface area contributed by atoms with Crippen LogP contribution in [0.1, 0.15) is 21.7 Å². The van der Waals surface area contributed by atoms with Crippen LogP contribution in [0, 0.1) is 6.92 Å². The Morgan fingerprint density at radius 2 is 1.96 bits per heavy atom. The van der Waals surface area contributed by atoms with Gasteiger partial charge in [0, 0.05) is 42.8 Å². The van der Waals surface area contributed by atoms with E-state index in [0.717, 1.165) is 22.7 Å². The van der Waals surface area contributed by atoms with Gasteiger partial charge in [-0.05, 0) is 19.1 Å². The second-order valence-corrected chi connectivity index (χ2v) is 6.56. The number of pyridine rings is 1. The molecule has 0 aliphatic rings. The van der Waals surface area contributed by atoms with Crippen LogP contribution in [0.3, 0.4) is 0 Å². The summed E-state index contributed by atoms with van der Waals surface area (Å²) in [6, 6.07) is 14.0. The molecule has 0 aliphatic carbocycles. The molecule has 0 atom stereocenters. The molecular formula is C19H19N3OS. The first-order chi connectivity index (χ1) is 11.6. The lowest BCUT2D eigenvalue weighted by atomic mass is 10.2. The molecule has 1 amide bonds. The highest BCUT2D eigenvalue weighted by Crippen LogP contribution is 2.24. The number of hydrogen-bond acceptors (Lipinski definition) is 4. The fourth-order valence-corrected chi connectivity index (χ4v) is 3.13. The summed E-state index contributed by atoms with van der Waals surface area (Å²) in [5.41, 5.74) is 3.73. The van der Waals surface area contributed by atoms with E-state index in [0.29, 0.717) is 12.2 Å². The lowest BCUT2D eigenvalue weighted by Crippen LogP contribution is -2.29. The van der Waals surface area contributed by atoms with E-state index in [9.17, 15) is 4.79 Å². The Hall–Kier alpha value is -2.53. The molecule has 0 fully saturated rings. The zero-order chi connectivity index (χ0) is 16.9. The second-order valence-electron chi connectivity index (χ2n) is 5.70. The van der Waals surface area contributed by atoms with Gasteiger partial charge in [-0.3, -0.25) is 9.78 Å². The number of carbonyl (C=O) groups excluding carboxylic acids is 1. The van der Waals surface area contributed by atoms with Gasteiger partial charge in [0.1, 0.15) is 10.7 Å². The largest absolute Gasteiger partial charge is 0.340 e. The molecule has 3 aromatic rings. The van der Waals surface area contributed by atoms with Gasteiger partial charge in [-0.25, -0.2) is 4.98 Å². The van der Waals surface area contributed by atoms with E-state index in [-0.39, 0.29) is 5.91 Å². The number of likely N-dealkylation sites (N-methyl/N-ethyl adjacent to an activating group) is 1. The molecule has 0 aliphatic heterocycles. The van der Waals surface area contributed by atoms with Crippen LogP contribution in [-0.2, 0) is 6.42 Å². The molecule has 3 rings (SSSR count). The molecule has 0 unspecified atom stereocenters. The third kappa shape index (κ3) is 3.86.